The first-order chi connectivity index (χ1) is 15.5. The van der Waals surface area contributed by atoms with Crippen LogP contribution in [0.3, 0.4) is 0 Å². The van der Waals surface area contributed by atoms with E-state index in [2.05, 4.69) is 20.2 Å². The van der Waals surface area contributed by atoms with Gasteiger partial charge in [0, 0.05) is 30.7 Å². The second-order valence-electron chi connectivity index (χ2n) is 8.68. The number of hydrogen-bond acceptors (Lipinski definition) is 7. The molecule has 4 N–H and O–H groups in total. The fourth-order valence-corrected chi connectivity index (χ4v) is 5.94. The van der Waals surface area contributed by atoms with Crippen LogP contribution in [0.5, 0.6) is 0 Å². The molecular weight excluding hydrogens is 451 g/mol. The van der Waals surface area contributed by atoms with Crippen molar-refractivity contribution in [2.45, 2.75) is 50.4 Å². The second kappa shape index (κ2) is 7.28. The third-order valence-corrected chi connectivity index (χ3v) is 7.56. The van der Waals surface area contributed by atoms with Crippen LogP contribution in [0.25, 0.3) is 33.3 Å². The number of aryl methyl sites for hydroxylation is 1. The lowest BCUT2D eigenvalue weighted by Gasteiger charge is -2.39. The third-order valence-electron chi connectivity index (χ3n) is 6.73. The van der Waals surface area contributed by atoms with Crippen molar-refractivity contribution in [2.24, 2.45) is 12.8 Å². The lowest BCUT2D eigenvalue weighted by Crippen LogP contribution is -2.48. The molecule has 4 aromatic rings. The van der Waals surface area contributed by atoms with Crippen molar-refractivity contribution in [3.05, 3.63) is 28.0 Å². The van der Waals surface area contributed by atoms with Gasteiger partial charge in [-0.25, -0.2) is 9.97 Å². The van der Waals surface area contributed by atoms with Crippen molar-refractivity contribution < 1.29 is 5.11 Å². The van der Waals surface area contributed by atoms with Crippen molar-refractivity contribution >= 4 is 51.1 Å². The normalized spacial score (nSPS) is 23.0. The predicted molar refractivity (Wildman–Crippen MR) is 124 cm³/mol. The molecule has 3 atom stereocenters. The summed E-state index contributed by atoms with van der Waals surface area (Å²) in [4.78, 5) is 11.9. The zero-order chi connectivity index (χ0) is 22.1. The van der Waals surface area contributed by atoms with E-state index in [4.69, 9.17) is 38.9 Å². The van der Waals surface area contributed by atoms with Crippen LogP contribution in [0.2, 0.25) is 10.2 Å². The minimum absolute atomic E-state index is 0.216. The summed E-state index contributed by atoms with van der Waals surface area (Å²) < 4.78 is 1.58. The number of H-pyrrole nitrogens is 1. The summed E-state index contributed by atoms with van der Waals surface area (Å²) in [5.41, 5.74) is 9.81. The van der Waals surface area contributed by atoms with Gasteiger partial charge < -0.3 is 15.7 Å². The van der Waals surface area contributed by atoms with Gasteiger partial charge in [0.1, 0.15) is 22.1 Å². The molecule has 0 unspecified atom stereocenters. The van der Waals surface area contributed by atoms with E-state index in [1.54, 1.807) is 11.7 Å². The molecule has 0 amide bonds. The first-order valence-electron chi connectivity index (χ1n) is 10.7. The van der Waals surface area contributed by atoms with E-state index < -0.39 is 0 Å². The number of halogens is 2. The number of hydrogen-bond donors (Lipinski definition) is 3. The monoisotopic (exact) mass is 472 g/mol. The number of benzene rings is 1. The minimum Gasteiger partial charge on any atom is -0.390 e. The summed E-state index contributed by atoms with van der Waals surface area (Å²) in [5.74, 6) is 0.714. The van der Waals surface area contributed by atoms with Crippen LogP contribution in [0, 0.1) is 0 Å². The zero-order valence-electron chi connectivity index (χ0n) is 17.4. The van der Waals surface area contributed by atoms with E-state index >= 15 is 0 Å². The van der Waals surface area contributed by atoms with Gasteiger partial charge in [-0.05, 0) is 37.8 Å². The van der Waals surface area contributed by atoms with Crippen LogP contribution < -0.4 is 10.6 Å². The molecule has 9 nitrogen and oxygen atoms in total. The fourth-order valence-electron chi connectivity index (χ4n) is 5.33. The Labute approximate surface area is 193 Å². The second-order valence-corrected chi connectivity index (χ2v) is 9.42. The van der Waals surface area contributed by atoms with Gasteiger partial charge in [0.05, 0.1) is 22.5 Å². The largest absolute Gasteiger partial charge is 0.390 e. The average Bonchev–Trinajstić information content (AvgIpc) is 3.39. The number of aromatic nitrogens is 6. The maximum Gasteiger partial charge on any atom is 0.177 e. The molecule has 2 bridgehead atoms. The van der Waals surface area contributed by atoms with Crippen LogP contribution in [-0.4, -0.2) is 53.2 Å². The number of anilines is 1. The van der Waals surface area contributed by atoms with Crippen molar-refractivity contribution in [1.29, 1.82) is 0 Å². The van der Waals surface area contributed by atoms with Gasteiger partial charge in [-0.3, -0.25) is 9.78 Å². The van der Waals surface area contributed by atoms with Crippen molar-refractivity contribution in [1.82, 2.24) is 29.9 Å². The smallest absolute Gasteiger partial charge is 0.177 e. The van der Waals surface area contributed by atoms with Gasteiger partial charge in [0.25, 0.3) is 0 Å². The zero-order valence-corrected chi connectivity index (χ0v) is 18.9. The molecule has 3 aromatic heterocycles. The summed E-state index contributed by atoms with van der Waals surface area (Å²) in [7, 11) is 1.77. The molecule has 2 aliphatic heterocycles. The summed E-state index contributed by atoms with van der Waals surface area (Å²) in [6.45, 7) is -0.216. The summed E-state index contributed by atoms with van der Waals surface area (Å²) in [6.07, 6.45) is 4.02. The van der Waals surface area contributed by atoms with E-state index in [1.807, 2.05) is 12.1 Å². The van der Waals surface area contributed by atoms with E-state index in [-0.39, 0.29) is 12.6 Å². The molecule has 11 heteroatoms. The number of aliphatic hydroxyl groups excluding tert-OH is 1. The van der Waals surface area contributed by atoms with E-state index in [0.717, 1.165) is 25.7 Å². The lowest BCUT2D eigenvalue weighted by atomic mass is 9.98. The Hall–Kier alpha value is -2.46. The number of nitrogens with one attached hydrogen (secondary N) is 1. The fraction of sp³-hybridized carbons (Fsp3) is 0.429. The highest BCUT2D eigenvalue weighted by molar-refractivity contribution is 6.43. The van der Waals surface area contributed by atoms with Gasteiger partial charge >= 0.3 is 0 Å². The van der Waals surface area contributed by atoms with Gasteiger partial charge in [0.2, 0.25) is 0 Å². The minimum atomic E-state index is -0.216. The Morgan fingerprint density at radius 1 is 1.19 bits per heavy atom. The van der Waals surface area contributed by atoms with E-state index in [1.165, 1.54) is 0 Å². The number of nitrogens with two attached hydrogens (primary N) is 1. The molecule has 5 heterocycles. The SMILES string of the molecule is Cn1nc2ccc(-c3n[nH]c4nc(N5[C@@H]6CC[C@H]5C[C@@H](N)C6)c(CO)nc34)c(Cl)c2c1Cl. The quantitative estimate of drug-likeness (QED) is 0.418. The number of fused-ring (bicyclic) bond motifs is 4. The lowest BCUT2D eigenvalue weighted by molar-refractivity contribution is 0.276. The summed E-state index contributed by atoms with van der Waals surface area (Å²) in [5, 5.41) is 23.6. The van der Waals surface area contributed by atoms with Crippen LogP contribution >= 0.6 is 23.2 Å². The molecule has 2 saturated heterocycles. The number of nitrogens with zero attached hydrogens (tertiary/aromatic N) is 6. The maximum atomic E-state index is 10.1. The first-order valence-corrected chi connectivity index (χ1v) is 11.4. The molecule has 0 radical (unpaired) electrons. The molecule has 0 saturated carbocycles. The molecule has 32 heavy (non-hydrogen) atoms. The molecule has 6 rings (SSSR count). The highest BCUT2D eigenvalue weighted by atomic mass is 35.5. The Morgan fingerprint density at radius 3 is 2.66 bits per heavy atom. The van der Waals surface area contributed by atoms with Gasteiger partial charge in [-0.1, -0.05) is 23.2 Å². The number of rotatable bonds is 3. The average molecular weight is 473 g/mol. The Kier molecular flexibility index (Phi) is 4.59. The molecule has 2 aliphatic rings. The van der Waals surface area contributed by atoms with Crippen molar-refractivity contribution in [3.8, 4) is 11.3 Å². The van der Waals surface area contributed by atoms with E-state index in [9.17, 15) is 5.11 Å². The first kappa shape index (κ1) is 20.2. The summed E-state index contributed by atoms with van der Waals surface area (Å²) in [6, 6.07) is 4.57. The molecule has 0 spiro atoms. The Bertz CT molecular complexity index is 1350. The maximum absolute atomic E-state index is 10.1. The highest BCUT2D eigenvalue weighted by Gasteiger charge is 2.41. The predicted octanol–water partition coefficient (Wildman–Crippen LogP) is 3.16. The molecular formula is C21H22Cl2N8O. The number of piperidine rings is 1. The van der Waals surface area contributed by atoms with Gasteiger partial charge in [-0.15, -0.1) is 0 Å². The van der Waals surface area contributed by atoms with Crippen LogP contribution in [0.4, 0.5) is 5.82 Å². The molecule has 1 aromatic carbocycles. The standard InChI is InChI=1S/C21H22Cl2N8O/c1-30-19(23)15-13(29-30)5-4-12(16(15)22)17-18-20(28-27-17)26-21(14(8-32)25-18)31-10-2-3-11(31)7-9(24)6-10/h4-5,9-11,32H,2-3,6-8,24H2,1H3,(H,26,27,28)/t9-,10+,11-. The van der Waals surface area contributed by atoms with Crippen LogP contribution in [0.1, 0.15) is 31.4 Å². The van der Waals surface area contributed by atoms with Crippen LogP contribution in [0.15, 0.2) is 12.1 Å². The Balaban J connectivity index is 1.50. The van der Waals surface area contributed by atoms with E-state index in [0.29, 0.717) is 67.1 Å². The topological polar surface area (TPSA) is 122 Å². The highest BCUT2D eigenvalue weighted by Crippen LogP contribution is 2.41. The van der Waals surface area contributed by atoms with Gasteiger partial charge in [0.15, 0.2) is 11.5 Å². The van der Waals surface area contributed by atoms with Crippen LogP contribution in [-0.2, 0) is 13.7 Å². The molecule has 2 fully saturated rings. The van der Waals surface area contributed by atoms with Crippen molar-refractivity contribution in [2.75, 3.05) is 4.90 Å². The molecule has 0 aliphatic carbocycles. The summed E-state index contributed by atoms with van der Waals surface area (Å²) >= 11 is 13.1. The molecule has 166 valence electrons. The number of aromatic amines is 1. The number of aliphatic hydroxyl groups is 1. The van der Waals surface area contributed by atoms with Gasteiger partial charge in [-0.2, -0.15) is 10.2 Å². The Morgan fingerprint density at radius 2 is 1.94 bits per heavy atom. The van der Waals surface area contributed by atoms with Crippen molar-refractivity contribution in [3.63, 3.8) is 0 Å². The third kappa shape index (κ3) is 2.85.